The fraction of sp³-hybridized carbons (Fsp3) is 0.333. The van der Waals surface area contributed by atoms with E-state index in [0.29, 0.717) is 40.6 Å². The number of carbonyl (C=O) groups excluding carboxylic acids is 1. The molecule has 31 heavy (non-hydrogen) atoms. The van der Waals surface area contributed by atoms with Crippen LogP contribution in [0.15, 0.2) is 42.5 Å². The largest absolute Gasteiger partial charge is 0.493 e. The van der Waals surface area contributed by atoms with Gasteiger partial charge in [-0.1, -0.05) is 18.2 Å². The van der Waals surface area contributed by atoms with Gasteiger partial charge in [-0.25, -0.2) is 9.37 Å². The Labute approximate surface area is 186 Å². The van der Waals surface area contributed by atoms with Crippen LogP contribution in [-0.2, 0) is 6.42 Å². The van der Waals surface area contributed by atoms with Crippen molar-refractivity contribution in [1.82, 2.24) is 9.88 Å². The topological polar surface area (TPSA) is 51.7 Å². The summed E-state index contributed by atoms with van der Waals surface area (Å²) in [5, 5.41) is 0.770. The van der Waals surface area contributed by atoms with Crippen molar-refractivity contribution in [3.8, 4) is 21.9 Å². The lowest BCUT2D eigenvalue weighted by Crippen LogP contribution is -2.39. The number of aryl methyl sites for hydroxylation is 1. The Morgan fingerprint density at radius 3 is 2.52 bits per heavy atom. The molecular formula is C24H27FN2O3S. The third-order valence-corrected chi connectivity index (χ3v) is 6.02. The number of carbonyl (C=O) groups is 1. The Hall–Kier alpha value is -2.93. The first-order valence-electron chi connectivity index (χ1n) is 10.1. The third-order valence-electron chi connectivity index (χ3n) is 5.00. The van der Waals surface area contributed by atoms with Gasteiger partial charge in [0.15, 0.2) is 11.5 Å². The van der Waals surface area contributed by atoms with Crippen LogP contribution in [0.4, 0.5) is 4.39 Å². The molecule has 164 valence electrons. The van der Waals surface area contributed by atoms with Crippen molar-refractivity contribution in [3.05, 3.63) is 64.5 Å². The highest BCUT2D eigenvalue weighted by atomic mass is 32.1. The maximum Gasteiger partial charge on any atom is 0.274 e. The predicted molar refractivity (Wildman–Crippen MR) is 122 cm³/mol. The van der Waals surface area contributed by atoms with Crippen LogP contribution in [0, 0.1) is 12.7 Å². The lowest BCUT2D eigenvalue weighted by Gasteiger charge is -2.26. The molecule has 3 rings (SSSR count). The summed E-state index contributed by atoms with van der Waals surface area (Å²) in [6.45, 7) is 6.33. The summed E-state index contributed by atoms with van der Waals surface area (Å²) in [4.78, 5) is 20.4. The SMILES string of the molecule is COc1ccc(CCN(C(=O)c2nc(C)sc2-c2cccc(F)c2)C(C)C)cc1OC. The highest BCUT2D eigenvalue weighted by Gasteiger charge is 2.25. The Morgan fingerprint density at radius 1 is 1.13 bits per heavy atom. The second kappa shape index (κ2) is 9.92. The van der Waals surface area contributed by atoms with Gasteiger partial charge in [0.2, 0.25) is 0 Å². The number of rotatable bonds is 8. The zero-order valence-electron chi connectivity index (χ0n) is 18.4. The molecule has 1 aromatic heterocycles. The number of methoxy groups -OCH3 is 2. The molecule has 0 fully saturated rings. The molecule has 0 bridgehead atoms. The van der Waals surface area contributed by atoms with E-state index >= 15 is 0 Å². The first-order chi connectivity index (χ1) is 14.8. The van der Waals surface area contributed by atoms with Crippen molar-refractivity contribution in [2.75, 3.05) is 20.8 Å². The second-order valence-corrected chi connectivity index (χ2v) is 8.66. The van der Waals surface area contributed by atoms with Gasteiger partial charge in [0.05, 0.1) is 24.1 Å². The minimum atomic E-state index is -0.337. The minimum Gasteiger partial charge on any atom is -0.493 e. The molecule has 0 radical (unpaired) electrons. The van der Waals surface area contributed by atoms with Gasteiger partial charge in [-0.3, -0.25) is 4.79 Å². The molecule has 0 aliphatic rings. The van der Waals surface area contributed by atoms with Crippen LogP contribution in [-0.4, -0.2) is 42.6 Å². The first-order valence-corrected chi connectivity index (χ1v) is 10.9. The van der Waals surface area contributed by atoms with Crippen LogP contribution in [0.3, 0.4) is 0 Å². The van der Waals surface area contributed by atoms with E-state index in [1.54, 1.807) is 31.3 Å². The Kier molecular flexibility index (Phi) is 7.28. The van der Waals surface area contributed by atoms with Crippen LogP contribution in [0.2, 0.25) is 0 Å². The van der Waals surface area contributed by atoms with Gasteiger partial charge in [-0.15, -0.1) is 11.3 Å². The van der Waals surface area contributed by atoms with Gasteiger partial charge < -0.3 is 14.4 Å². The van der Waals surface area contributed by atoms with Gasteiger partial charge in [0, 0.05) is 12.6 Å². The summed E-state index contributed by atoms with van der Waals surface area (Å²) < 4.78 is 24.4. The average molecular weight is 443 g/mol. The third kappa shape index (κ3) is 5.22. The van der Waals surface area contributed by atoms with Crippen LogP contribution in [0.25, 0.3) is 10.4 Å². The molecule has 0 aliphatic carbocycles. The van der Waals surface area contributed by atoms with Gasteiger partial charge in [0.25, 0.3) is 5.91 Å². The number of amides is 1. The summed E-state index contributed by atoms with van der Waals surface area (Å²) in [6, 6.07) is 12.0. The van der Waals surface area contributed by atoms with Gasteiger partial charge in [-0.05, 0) is 62.6 Å². The maximum atomic E-state index is 13.8. The maximum absolute atomic E-state index is 13.8. The van der Waals surface area contributed by atoms with E-state index in [4.69, 9.17) is 9.47 Å². The molecular weight excluding hydrogens is 415 g/mol. The zero-order chi connectivity index (χ0) is 22.5. The molecule has 0 saturated carbocycles. The molecule has 7 heteroatoms. The lowest BCUT2D eigenvalue weighted by molar-refractivity contribution is 0.0703. The van der Waals surface area contributed by atoms with E-state index in [2.05, 4.69) is 4.98 Å². The summed E-state index contributed by atoms with van der Waals surface area (Å²) in [7, 11) is 3.20. The normalized spacial score (nSPS) is 10.9. The van der Waals surface area contributed by atoms with Crippen molar-refractivity contribution in [2.24, 2.45) is 0 Å². The first kappa shape index (κ1) is 22.7. The van der Waals surface area contributed by atoms with E-state index in [1.165, 1.54) is 23.5 Å². The molecule has 5 nitrogen and oxygen atoms in total. The van der Waals surface area contributed by atoms with Gasteiger partial charge in [0.1, 0.15) is 11.5 Å². The molecule has 3 aromatic rings. The van der Waals surface area contributed by atoms with Crippen molar-refractivity contribution in [3.63, 3.8) is 0 Å². The standard InChI is InChI=1S/C24H27FN2O3S/c1-15(2)27(12-11-17-9-10-20(29-4)21(13-17)30-5)24(28)22-23(31-16(3)26-22)18-7-6-8-19(25)14-18/h6-10,13-15H,11-12H2,1-5H3. The number of halogens is 1. The number of ether oxygens (including phenoxy) is 2. The van der Waals surface area contributed by atoms with Crippen molar-refractivity contribution >= 4 is 17.2 Å². The fourth-order valence-electron chi connectivity index (χ4n) is 3.41. The zero-order valence-corrected chi connectivity index (χ0v) is 19.3. The fourth-order valence-corrected chi connectivity index (χ4v) is 4.32. The van der Waals surface area contributed by atoms with Crippen LogP contribution < -0.4 is 9.47 Å². The second-order valence-electron chi connectivity index (χ2n) is 7.45. The predicted octanol–water partition coefficient (Wildman–Crippen LogP) is 5.37. The molecule has 0 aliphatic heterocycles. The monoisotopic (exact) mass is 442 g/mol. The average Bonchev–Trinajstić information content (AvgIpc) is 3.15. The Morgan fingerprint density at radius 2 is 1.87 bits per heavy atom. The Balaban J connectivity index is 1.85. The molecule has 1 heterocycles. The van der Waals surface area contributed by atoms with E-state index in [1.807, 2.05) is 39.0 Å². The molecule has 2 aromatic carbocycles. The van der Waals surface area contributed by atoms with Gasteiger partial charge >= 0.3 is 0 Å². The van der Waals surface area contributed by atoms with Crippen molar-refractivity contribution in [2.45, 2.75) is 33.2 Å². The molecule has 0 N–H and O–H groups in total. The van der Waals surface area contributed by atoms with Crippen LogP contribution in [0.5, 0.6) is 11.5 Å². The lowest BCUT2D eigenvalue weighted by atomic mass is 10.1. The highest BCUT2D eigenvalue weighted by molar-refractivity contribution is 7.15. The molecule has 0 atom stereocenters. The number of thiazole rings is 1. The number of benzene rings is 2. The van der Waals surface area contributed by atoms with Crippen LogP contribution in [0.1, 0.15) is 34.9 Å². The number of hydrogen-bond donors (Lipinski definition) is 0. The van der Waals surface area contributed by atoms with E-state index in [9.17, 15) is 9.18 Å². The minimum absolute atomic E-state index is 0.0185. The molecule has 0 saturated heterocycles. The molecule has 1 amide bonds. The summed E-state index contributed by atoms with van der Waals surface area (Å²) in [5.74, 6) is 0.835. The molecule has 0 unspecified atom stereocenters. The van der Waals surface area contributed by atoms with E-state index < -0.39 is 0 Å². The number of hydrogen-bond acceptors (Lipinski definition) is 5. The number of aromatic nitrogens is 1. The molecule has 0 spiro atoms. The summed E-state index contributed by atoms with van der Waals surface area (Å²) >= 11 is 1.40. The smallest absolute Gasteiger partial charge is 0.274 e. The van der Waals surface area contributed by atoms with Crippen molar-refractivity contribution < 1.29 is 18.7 Å². The van der Waals surface area contributed by atoms with Crippen molar-refractivity contribution in [1.29, 1.82) is 0 Å². The quantitative estimate of drug-likeness (QED) is 0.471. The Bertz CT molecular complexity index is 1060. The summed E-state index contributed by atoms with van der Waals surface area (Å²) in [6.07, 6.45) is 0.655. The number of nitrogens with zero attached hydrogens (tertiary/aromatic N) is 2. The van der Waals surface area contributed by atoms with E-state index in [0.717, 1.165) is 10.6 Å². The van der Waals surface area contributed by atoms with E-state index in [-0.39, 0.29) is 17.8 Å². The van der Waals surface area contributed by atoms with Crippen LogP contribution >= 0.6 is 11.3 Å². The highest BCUT2D eigenvalue weighted by Crippen LogP contribution is 2.32. The summed E-state index contributed by atoms with van der Waals surface area (Å²) in [5.41, 5.74) is 2.07. The van der Waals surface area contributed by atoms with Gasteiger partial charge in [-0.2, -0.15) is 0 Å².